The maximum Gasteiger partial charge on any atom is 0.273 e. The van der Waals surface area contributed by atoms with Crippen molar-refractivity contribution in [3.8, 4) is 0 Å². The second-order valence-electron chi connectivity index (χ2n) is 5.56. The van der Waals surface area contributed by atoms with Crippen molar-refractivity contribution in [1.29, 1.82) is 0 Å². The first kappa shape index (κ1) is 12.1. The molecule has 2 heterocycles. The third kappa shape index (κ3) is 2.17. The smallest absolute Gasteiger partial charge is 0.273 e. The summed E-state index contributed by atoms with van der Waals surface area (Å²) in [5, 5.41) is 2.82. The minimum atomic E-state index is 0.0994. The summed E-state index contributed by atoms with van der Waals surface area (Å²) in [7, 11) is 0. The quantitative estimate of drug-likeness (QED) is 0.840. The molecule has 3 rings (SSSR count). The Morgan fingerprint density at radius 3 is 2.94 bits per heavy atom. The average molecular weight is 265 g/mol. The van der Waals surface area contributed by atoms with Crippen molar-refractivity contribution >= 4 is 17.2 Å². The van der Waals surface area contributed by atoms with E-state index in [1.165, 1.54) is 17.8 Å². The number of likely N-dealkylation sites (tertiary alicyclic amines) is 1. The van der Waals surface area contributed by atoms with Crippen LogP contribution in [0.5, 0.6) is 0 Å². The molecule has 1 aliphatic carbocycles. The molecule has 2 N–H and O–H groups in total. The monoisotopic (exact) mass is 265 g/mol. The first-order valence-electron chi connectivity index (χ1n) is 6.60. The van der Waals surface area contributed by atoms with E-state index in [-0.39, 0.29) is 5.91 Å². The van der Waals surface area contributed by atoms with E-state index in [1.807, 2.05) is 17.2 Å². The van der Waals surface area contributed by atoms with Crippen molar-refractivity contribution in [2.45, 2.75) is 32.2 Å². The second-order valence-corrected chi connectivity index (χ2v) is 6.62. The van der Waals surface area contributed by atoms with Gasteiger partial charge in [-0.1, -0.05) is 0 Å². The zero-order chi connectivity index (χ0) is 12.7. The number of rotatable bonds is 1. The fourth-order valence-electron chi connectivity index (χ4n) is 3.26. The van der Waals surface area contributed by atoms with Gasteiger partial charge in [-0.05, 0) is 38.0 Å². The van der Waals surface area contributed by atoms with Crippen molar-refractivity contribution in [3.05, 3.63) is 16.1 Å². The van der Waals surface area contributed by atoms with Gasteiger partial charge in [-0.25, -0.2) is 4.98 Å². The molecule has 0 aromatic carbocycles. The molecule has 1 unspecified atom stereocenters. The molecule has 1 aliphatic heterocycles. The maximum absolute atomic E-state index is 12.3. The lowest BCUT2D eigenvalue weighted by Crippen LogP contribution is -2.32. The predicted octanol–water partition coefficient (Wildman–Crippen LogP) is 1.65. The molecule has 1 amide bonds. The molecule has 18 heavy (non-hydrogen) atoms. The lowest BCUT2D eigenvalue weighted by atomic mass is 9.79. The summed E-state index contributed by atoms with van der Waals surface area (Å²) in [5.74, 6) is 1.37. The molecular weight excluding hydrogens is 246 g/mol. The lowest BCUT2D eigenvalue weighted by molar-refractivity contribution is 0.0778. The highest BCUT2D eigenvalue weighted by Gasteiger charge is 2.39. The highest BCUT2D eigenvalue weighted by atomic mass is 32.1. The van der Waals surface area contributed by atoms with Crippen LogP contribution in [0.3, 0.4) is 0 Å². The summed E-state index contributed by atoms with van der Waals surface area (Å²) in [6.07, 6.45) is 3.36. The standard InChI is InChI=1S/C13H19N3OS/c1-8-15-12(7-18-8)13(17)16-5-9-2-3-11(14)4-10(9)6-16/h7,9-11H,2-6,14H2,1H3/t9-,10+,11?/m1/s1. The fourth-order valence-corrected chi connectivity index (χ4v) is 3.84. The fraction of sp³-hybridized carbons (Fsp3) is 0.692. The Morgan fingerprint density at radius 2 is 2.22 bits per heavy atom. The van der Waals surface area contributed by atoms with E-state index in [0.717, 1.165) is 30.9 Å². The number of thiazole rings is 1. The number of hydrogen-bond donors (Lipinski definition) is 1. The third-order valence-electron chi connectivity index (χ3n) is 4.22. The van der Waals surface area contributed by atoms with Gasteiger partial charge in [-0.3, -0.25) is 4.79 Å². The number of carbonyl (C=O) groups is 1. The normalized spacial score (nSPS) is 31.4. The Labute approximate surface area is 111 Å². The molecule has 4 nitrogen and oxygen atoms in total. The van der Waals surface area contributed by atoms with Crippen LogP contribution in [0.2, 0.25) is 0 Å². The van der Waals surface area contributed by atoms with Crippen LogP contribution in [0, 0.1) is 18.8 Å². The predicted molar refractivity (Wildman–Crippen MR) is 71.6 cm³/mol. The van der Waals surface area contributed by atoms with Gasteiger partial charge < -0.3 is 10.6 Å². The van der Waals surface area contributed by atoms with Crippen LogP contribution in [0.4, 0.5) is 0 Å². The SMILES string of the molecule is Cc1nc(C(=O)N2C[C@H]3CCC(N)C[C@H]3C2)cs1. The van der Waals surface area contributed by atoms with Crippen molar-refractivity contribution in [2.75, 3.05) is 13.1 Å². The van der Waals surface area contributed by atoms with Gasteiger partial charge in [-0.15, -0.1) is 11.3 Å². The zero-order valence-corrected chi connectivity index (χ0v) is 11.4. The Bertz CT molecular complexity index is 459. The van der Waals surface area contributed by atoms with Gasteiger partial charge in [-0.2, -0.15) is 0 Å². The molecule has 1 aromatic rings. The molecule has 1 saturated carbocycles. The van der Waals surface area contributed by atoms with Crippen LogP contribution in [0.25, 0.3) is 0 Å². The number of nitrogens with two attached hydrogens (primary N) is 1. The molecule has 2 aliphatic rings. The maximum atomic E-state index is 12.3. The van der Waals surface area contributed by atoms with E-state index < -0.39 is 0 Å². The zero-order valence-electron chi connectivity index (χ0n) is 10.6. The molecule has 3 atom stereocenters. The Hall–Kier alpha value is -0.940. The van der Waals surface area contributed by atoms with Gasteiger partial charge in [0.2, 0.25) is 0 Å². The molecular formula is C13H19N3OS. The van der Waals surface area contributed by atoms with Gasteiger partial charge in [0.25, 0.3) is 5.91 Å². The average Bonchev–Trinajstić information content (AvgIpc) is 2.93. The summed E-state index contributed by atoms with van der Waals surface area (Å²) in [6.45, 7) is 3.70. The summed E-state index contributed by atoms with van der Waals surface area (Å²) in [6, 6.07) is 0.336. The second kappa shape index (κ2) is 4.63. The summed E-state index contributed by atoms with van der Waals surface area (Å²) < 4.78 is 0. The Kier molecular flexibility index (Phi) is 3.11. The van der Waals surface area contributed by atoms with Crippen molar-refractivity contribution < 1.29 is 4.79 Å². The topological polar surface area (TPSA) is 59.2 Å². The highest BCUT2D eigenvalue weighted by molar-refractivity contribution is 7.09. The molecule has 1 saturated heterocycles. The highest BCUT2D eigenvalue weighted by Crippen LogP contribution is 2.36. The van der Waals surface area contributed by atoms with Gasteiger partial charge in [0, 0.05) is 24.5 Å². The summed E-state index contributed by atoms with van der Waals surface area (Å²) in [4.78, 5) is 18.6. The van der Waals surface area contributed by atoms with E-state index in [9.17, 15) is 4.79 Å². The van der Waals surface area contributed by atoms with E-state index in [4.69, 9.17) is 5.73 Å². The molecule has 1 aromatic heterocycles. The number of carbonyl (C=O) groups excluding carboxylic acids is 1. The van der Waals surface area contributed by atoms with Crippen molar-refractivity contribution in [2.24, 2.45) is 17.6 Å². The summed E-state index contributed by atoms with van der Waals surface area (Å²) in [5.41, 5.74) is 6.62. The van der Waals surface area contributed by atoms with Crippen LogP contribution in [0.15, 0.2) is 5.38 Å². The minimum Gasteiger partial charge on any atom is -0.337 e. The third-order valence-corrected chi connectivity index (χ3v) is 4.99. The Balaban J connectivity index is 1.70. The van der Waals surface area contributed by atoms with Crippen LogP contribution in [-0.2, 0) is 0 Å². The van der Waals surface area contributed by atoms with E-state index in [1.54, 1.807) is 0 Å². The lowest BCUT2D eigenvalue weighted by Gasteiger charge is -2.27. The van der Waals surface area contributed by atoms with Crippen molar-refractivity contribution in [1.82, 2.24) is 9.88 Å². The van der Waals surface area contributed by atoms with E-state index >= 15 is 0 Å². The van der Waals surface area contributed by atoms with Gasteiger partial charge in [0.05, 0.1) is 5.01 Å². The number of amides is 1. The molecule has 0 spiro atoms. The van der Waals surface area contributed by atoms with Gasteiger partial charge in [0.1, 0.15) is 5.69 Å². The minimum absolute atomic E-state index is 0.0994. The molecule has 2 fully saturated rings. The first-order valence-corrected chi connectivity index (χ1v) is 7.48. The molecule has 0 bridgehead atoms. The van der Waals surface area contributed by atoms with Crippen LogP contribution < -0.4 is 5.73 Å². The molecule has 5 heteroatoms. The van der Waals surface area contributed by atoms with Crippen LogP contribution in [-0.4, -0.2) is 34.9 Å². The summed E-state index contributed by atoms with van der Waals surface area (Å²) >= 11 is 1.54. The first-order chi connectivity index (χ1) is 8.63. The van der Waals surface area contributed by atoms with Crippen LogP contribution >= 0.6 is 11.3 Å². The van der Waals surface area contributed by atoms with Crippen LogP contribution in [0.1, 0.15) is 34.8 Å². The number of fused-ring (bicyclic) bond motifs is 1. The van der Waals surface area contributed by atoms with E-state index in [2.05, 4.69) is 4.98 Å². The number of aromatic nitrogens is 1. The van der Waals surface area contributed by atoms with E-state index in [0.29, 0.717) is 23.6 Å². The number of hydrogen-bond acceptors (Lipinski definition) is 4. The van der Waals surface area contributed by atoms with Gasteiger partial charge >= 0.3 is 0 Å². The number of aryl methyl sites for hydroxylation is 1. The Morgan fingerprint density at radius 1 is 1.44 bits per heavy atom. The van der Waals surface area contributed by atoms with Gasteiger partial charge in [0.15, 0.2) is 0 Å². The van der Waals surface area contributed by atoms with Crippen molar-refractivity contribution in [3.63, 3.8) is 0 Å². The molecule has 0 radical (unpaired) electrons. The molecule has 98 valence electrons. The number of nitrogens with zero attached hydrogens (tertiary/aromatic N) is 2. The largest absolute Gasteiger partial charge is 0.337 e.